The van der Waals surface area contributed by atoms with Crippen LogP contribution >= 0.6 is 0 Å². The Hall–Kier alpha value is -1.09. The second-order valence-corrected chi connectivity index (χ2v) is 5.13. The normalized spacial score (nSPS) is 21.8. The van der Waals surface area contributed by atoms with Gasteiger partial charge in [0.05, 0.1) is 0 Å². The lowest BCUT2D eigenvalue weighted by Gasteiger charge is -2.19. The summed E-state index contributed by atoms with van der Waals surface area (Å²) in [4.78, 5) is 2.34. The van der Waals surface area contributed by atoms with Crippen LogP contribution in [0.5, 0.6) is 0 Å². The molecule has 0 radical (unpaired) electrons. The van der Waals surface area contributed by atoms with Gasteiger partial charge in [0.25, 0.3) is 0 Å². The number of benzene rings is 1. The van der Waals surface area contributed by atoms with Crippen LogP contribution in [0.15, 0.2) is 24.3 Å². The third-order valence-corrected chi connectivity index (χ3v) is 3.51. The summed E-state index contributed by atoms with van der Waals surface area (Å²) in [6, 6.07) is 7.09. The topological polar surface area (TPSA) is 29.3 Å². The van der Waals surface area contributed by atoms with Crippen LogP contribution in [0.25, 0.3) is 0 Å². The molecule has 1 aliphatic heterocycles. The first-order valence-electron chi connectivity index (χ1n) is 6.41. The van der Waals surface area contributed by atoms with Gasteiger partial charge in [-0.05, 0) is 56.4 Å². The van der Waals surface area contributed by atoms with Gasteiger partial charge in [-0.1, -0.05) is 0 Å². The minimum Gasteiger partial charge on any atom is -0.371 e. The first kappa shape index (κ1) is 12.4. The Morgan fingerprint density at radius 3 is 2.76 bits per heavy atom. The Balaban J connectivity index is 1.87. The molecule has 3 heteroatoms. The highest BCUT2D eigenvalue weighted by Crippen LogP contribution is 2.26. The quantitative estimate of drug-likeness (QED) is 0.871. The molecule has 1 heterocycles. The molecule has 1 saturated heterocycles. The third-order valence-electron chi connectivity index (χ3n) is 3.51. The van der Waals surface area contributed by atoms with E-state index in [1.54, 1.807) is 0 Å². The zero-order valence-electron chi connectivity index (χ0n) is 10.4. The molecule has 1 fully saturated rings. The Kier molecular flexibility index (Phi) is 4.00. The molecule has 0 aromatic heterocycles. The molecule has 2 rings (SSSR count). The van der Waals surface area contributed by atoms with Gasteiger partial charge >= 0.3 is 0 Å². The van der Waals surface area contributed by atoms with Crippen LogP contribution in [0.3, 0.4) is 0 Å². The number of hydrogen-bond acceptors (Lipinski definition) is 2. The van der Waals surface area contributed by atoms with Crippen LogP contribution in [-0.2, 0) is 0 Å². The summed E-state index contributed by atoms with van der Waals surface area (Å²) >= 11 is 0. The molecular weight excluding hydrogens is 215 g/mol. The number of anilines is 1. The lowest BCUT2D eigenvalue weighted by molar-refractivity contribution is 0.483. The summed E-state index contributed by atoms with van der Waals surface area (Å²) in [6.45, 7) is 4.22. The highest BCUT2D eigenvalue weighted by Gasteiger charge is 2.22. The van der Waals surface area contributed by atoms with E-state index in [0.717, 1.165) is 31.1 Å². The Labute approximate surface area is 103 Å². The van der Waals surface area contributed by atoms with Gasteiger partial charge in [0.1, 0.15) is 5.82 Å². The van der Waals surface area contributed by atoms with E-state index in [1.807, 2.05) is 12.1 Å². The highest BCUT2D eigenvalue weighted by molar-refractivity contribution is 5.47. The van der Waals surface area contributed by atoms with Gasteiger partial charge in [0.2, 0.25) is 0 Å². The molecule has 1 aromatic rings. The molecule has 2 unspecified atom stereocenters. The van der Waals surface area contributed by atoms with Crippen LogP contribution in [0.2, 0.25) is 0 Å². The van der Waals surface area contributed by atoms with Crippen LogP contribution in [0, 0.1) is 11.7 Å². The summed E-state index contributed by atoms with van der Waals surface area (Å²) in [5.74, 6) is 0.576. The lowest BCUT2D eigenvalue weighted by Crippen LogP contribution is -2.21. The number of nitrogens with zero attached hydrogens (tertiary/aromatic N) is 1. The van der Waals surface area contributed by atoms with E-state index in [4.69, 9.17) is 5.73 Å². The average Bonchev–Trinajstić information content (AvgIpc) is 2.76. The summed E-state index contributed by atoms with van der Waals surface area (Å²) in [6.07, 6.45) is 3.53. The second-order valence-electron chi connectivity index (χ2n) is 5.13. The van der Waals surface area contributed by atoms with Crippen LogP contribution in [-0.4, -0.2) is 19.1 Å². The SMILES string of the molecule is CC(N)CCC1CCN(c2ccc(F)cc2)C1. The summed E-state index contributed by atoms with van der Waals surface area (Å²) in [5, 5.41) is 0. The maximum Gasteiger partial charge on any atom is 0.123 e. The molecule has 1 aliphatic rings. The van der Waals surface area contributed by atoms with Crippen LogP contribution in [0.1, 0.15) is 26.2 Å². The molecule has 0 saturated carbocycles. The van der Waals surface area contributed by atoms with Gasteiger partial charge in [-0.3, -0.25) is 0 Å². The van der Waals surface area contributed by atoms with Crippen molar-refractivity contribution in [3.05, 3.63) is 30.1 Å². The first-order valence-corrected chi connectivity index (χ1v) is 6.41. The maximum atomic E-state index is 12.8. The highest BCUT2D eigenvalue weighted by atomic mass is 19.1. The van der Waals surface area contributed by atoms with Gasteiger partial charge in [-0.25, -0.2) is 4.39 Å². The number of hydrogen-bond donors (Lipinski definition) is 1. The fraction of sp³-hybridized carbons (Fsp3) is 0.571. The molecule has 0 bridgehead atoms. The summed E-state index contributed by atoms with van der Waals surface area (Å²) in [7, 11) is 0. The predicted molar refractivity (Wildman–Crippen MR) is 69.6 cm³/mol. The van der Waals surface area contributed by atoms with Crippen molar-refractivity contribution in [3.63, 3.8) is 0 Å². The molecule has 0 amide bonds. The monoisotopic (exact) mass is 236 g/mol. The van der Waals surface area contributed by atoms with Crippen molar-refractivity contribution in [1.82, 2.24) is 0 Å². The Morgan fingerprint density at radius 2 is 2.12 bits per heavy atom. The fourth-order valence-electron chi connectivity index (χ4n) is 2.45. The zero-order chi connectivity index (χ0) is 12.3. The van der Waals surface area contributed by atoms with Crippen LogP contribution < -0.4 is 10.6 Å². The maximum absolute atomic E-state index is 12.8. The minimum atomic E-state index is -0.165. The standard InChI is InChI=1S/C14H21FN2/c1-11(16)2-3-12-8-9-17(10-12)14-6-4-13(15)5-7-14/h4-7,11-12H,2-3,8-10,16H2,1H3. The Bertz CT molecular complexity index is 348. The number of nitrogens with two attached hydrogens (primary N) is 1. The van der Waals surface area contributed by atoms with Crippen molar-refractivity contribution in [1.29, 1.82) is 0 Å². The van der Waals surface area contributed by atoms with Gasteiger partial charge in [0, 0.05) is 24.8 Å². The number of halogens is 1. The predicted octanol–water partition coefficient (Wildman–Crippen LogP) is 2.78. The first-order chi connectivity index (χ1) is 8.15. The van der Waals surface area contributed by atoms with Crippen LogP contribution in [0.4, 0.5) is 10.1 Å². The van der Waals surface area contributed by atoms with E-state index in [1.165, 1.54) is 25.0 Å². The van der Waals surface area contributed by atoms with E-state index >= 15 is 0 Å². The van der Waals surface area contributed by atoms with Crippen molar-refractivity contribution in [2.24, 2.45) is 11.7 Å². The smallest absolute Gasteiger partial charge is 0.123 e. The van der Waals surface area contributed by atoms with Gasteiger partial charge < -0.3 is 10.6 Å². The largest absolute Gasteiger partial charge is 0.371 e. The van der Waals surface area contributed by atoms with Gasteiger partial charge in [-0.2, -0.15) is 0 Å². The molecule has 94 valence electrons. The molecule has 1 aromatic carbocycles. The van der Waals surface area contributed by atoms with E-state index in [2.05, 4.69) is 11.8 Å². The molecule has 2 atom stereocenters. The average molecular weight is 236 g/mol. The van der Waals surface area contributed by atoms with Crippen molar-refractivity contribution in [2.45, 2.75) is 32.2 Å². The summed E-state index contributed by atoms with van der Waals surface area (Å²) in [5.41, 5.74) is 6.91. The number of rotatable bonds is 4. The van der Waals surface area contributed by atoms with E-state index in [-0.39, 0.29) is 5.82 Å². The van der Waals surface area contributed by atoms with E-state index < -0.39 is 0 Å². The van der Waals surface area contributed by atoms with Crippen molar-refractivity contribution < 1.29 is 4.39 Å². The van der Waals surface area contributed by atoms with E-state index in [0.29, 0.717) is 6.04 Å². The van der Waals surface area contributed by atoms with E-state index in [9.17, 15) is 4.39 Å². The third kappa shape index (κ3) is 3.43. The molecule has 0 aliphatic carbocycles. The van der Waals surface area contributed by atoms with Crippen molar-refractivity contribution >= 4 is 5.69 Å². The van der Waals surface area contributed by atoms with Gasteiger partial charge in [-0.15, -0.1) is 0 Å². The molecular formula is C14H21FN2. The molecule has 0 spiro atoms. The summed E-state index contributed by atoms with van der Waals surface area (Å²) < 4.78 is 12.8. The fourth-order valence-corrected chi connectivity index (χ4v) is 2.45. The van der Waals surface area contributed by atoms with Crippen molar-refractivity contribution in [2.75, 3.05) is 18.0 Å². The lowest BCUT2D eigenvalue weighted by atomic mass is 10.0. The Morgan fingerprint density at radius 1 is 1.41 bits per heavy atom. The zero-order valence-corrected chi connectivity index (χ0v) is 10.4. The van der Waals surface area contributed by atoms with Gasteiger partial charge in [0.15, 0.2) is 0 Å². The van der Waals surface area contributed by atoms with Crippen molar-refractivity contribution in [3.8, 4) is 0 Å². The molecule has 2 nitrogen and oxygen atoms in total. The second kappa shape index (κ2) is 5.50. The molecule has 17 heavy (non-hydrogen) atoms. The molecule has 2 N–H and O–H groups in total. The minimum absolute atomic E-state index is 0.165.